The Hall–Kier alpha value is -0.320. The van der Waals surface area contributed by atoms with Gasteiger partial charge in [-0.3, -0.25) is 0 Å². The van der Waals surface area contributed by atoms with E-state index in [-0.39, 0.29) is 0 Å². The highest BCUT2D eigenvalue weighted by Crippen LogP contribution is 2.19. The molecule has 1 saturated heterocycles. The highest BCUT2D eigenvalue weighted by Gasteiger charge is 2.14. The van der Waals surface area contributed by atoms with Gasteiger partial charge in [-0.25, -0.2) is 0 Å². The molecule has 1 atom stereocenters. The van der Waals surface area contributed by atoms with Crippen LogP contribution < -0.4 is 0 Å². The first-order valence-corrected chi connectivity index (χ1v) is 6.55. The van der Waals surface area contributed by atoms with E-state index in [0.717, 1.165) is 23.8 Å². The number of aromatic nitrogens is 2. The standard InChI is InChI=1S/C10H13ClN2OS/c11-10-4-3-8(12-13-10)6-15-7-9-2-1-5-14-9/h3-4,9H,1-2,5-7H2. The van der Waals surface area contributed by atoms with Gasteiger partial charge in [-0.05, 0) is 25.0 Å². The molecular weight excluding hydrogens is 232 g/mol. The summed E-state index contributed by atoms with van der Waals surface area (Å²) in [5.41, 5.74) is 0.974. The van der Waals surface area contributed by atoms with E-state index in [4.69, 9.17) is 16.3 Å². The molecular formula is C10H13ClN2OS. The van der Waals surface area contributed by atoms with Gasteiger partial charge in [0.15, 0.2) is 5.15 Å². The maximum absolute atomic E-state index is 5.65. The fraction of sp³-hybridized carbons (Fsp3) is 0.600. The fourth-order valence-electron chi connectivity index (χ4n) is 1.49. The molecule has 5 heteroatoms. The Balaban J connectivity index is 1.71. The third-order valence-corrected chi connectivity index (χ3v) is 3.57. The lowest BCUT2D eigenvalue weighted by Gasteiger charge is -2.07. The van der Waals surface area contributed by atoms with E-state index in [1.165, 1.54) is 12.8 Å². The molecule has 1 unspecified atom stereocenters. The Morgan fingerprint density at radius 2 is 2.40 bits per heavy atom. The molecule has 0 saturated carbocycles. The number of halogens is 1. The van der Waals surface area contributed by atoms with Crippen LogP contribution in [0.1, 0.15) is 18.5 Å². The van der Waals surface area contributed by atoms with Crippen LogP contribution in [0, 0.1) is 0 Å². The van der Waals surface area contributed by atoms with Gasteiger partial charge in [-0.15, -0.1) is 5.10 Å². The van der Waals surface area contributed by atoms with Crippen molar-refractivity contribution in [1.29, 1.82) is 0 Å². The van der Waals surface area contributed by atoms with Gasteiger partial charge >= 0.3 is 0 Å². The largest absolute Gasteiger partial charge is 0.377 e. The lowest BCUT2D eigenvalue weighted by molar-refractivity contribution is 0.129. The molecule has 1 aromatic rings. The lowest BCUT2D eigenvalue weighted by atomic mass is 10.3. The third kappa shape index (κ3) is 3.63. The zero-order chi connectivity index (χ0) is 10.5. The summed E-state index contributed by atoms with van der Waals surface area (Å²) < 4.78 is 5.53. The Labute approximate surface area is 98.6 Å². The van der Waals surface area contributed by atoms with E-state index >= 15 is 0 Å². The molecule has 1 aliphatic heterocycles. The van der Waals surface area contributed by atoms with Gasteiger partial charge in [0.05, 0.1) is 11.8 Å². The Bertz CT molecular complexity index is 301. The molecule has 1 aromatic heterocycles. The van der Waals surface area contributed by atoms with Crippen LogP contribution in [-0.4, -0.2) is 28.7 Å². The van der Waals surface area contributed by atoms with Crippen LogP contribution in [0.5, 0.6) is 0 Å². The van der Waals surface area contributed by atoms with Crippen molar-refractivity contribution in [3.05, 3.63) is 23.0 Å². The van der Waals surface area contributed by atoms with Gasteiger partial charge in [0, 0.05) is 18.1 Å². The monoisotopic (exact) mass is 244 g/mol. The van der Waals surface area contributed by atoms with Gasteiger partial charge in [0.2, 0.25) is 0 Å². The maximum Gasteiger partial charge on any atom is 0.151 e. The summed E-state index contributed by atoms with van der Waals surface area (Å²) in [7, 11) is 0. The summed E-state index contributed by atoms with van der Waals surface area (Å²) in [5, 5.41) is 8.25. The van der Waals surface area contributed by atoms with Crippen molar-refractivity contribution in [3.63, 3.8) is 0 Å². The molecule has 0 bridgehead atoms. The normalized spacial score (nSPS) is 20.7. The first-order chi connectivity index (χ1) is 7.34. The summed E-state index contributed by atoms with van der Waals surface area (Å²) in [6, 6.07) is 3.69. The SMILES string of the molecule is Clc1ccc(CSCC2CCCO2)nn1. The van der Waals surface area contributed by atoms with Crippen LogP contribution in [0.4, 0.5) is 0 Å². The smallest absolute Gasteiger partial charge is 0.151 e. The average molecular weight is 245 g/mol. The van der Waals surface area contributed by atoms with E-state index in [2.05, 4.69) is 10.2 Å². The maximum atomic E-state index is 5.65. The molecule has 0 N–H and O–H groups in total. The quantitative estimate of drug-likeness (QED) is 0.816. The van der Waals surface area contributed by atoms with Crippen LogP contribution in [-0.2, 0) is 10.5 Å². The summed E-state index contributed by atoms with van der Waals surface area (Å²) in [5.74, 6) is 1.92. The predicted molar refractivity (Wildman–Crippen MR) is 62.2 cm³/mol. The molecule has 0 aliphatic carbocycles. The molecule has 1 fully saturated rings. The fourth-order valence-corrected chi connectivity index (χ4v) is 2.60. The number of rotatable bonds is 4. The lowest BCUT2D eigenvalue weighted by Crippen LogP contribution is -2.08. The zero-order valence-electron chi connectivity index (χ0n) is 8.36. The molecule has 0 amide bonds. The summed E-state index contributed by atoms with van der Waals surface area (Å²) >= 11 is 7.49. The number of thioether (sulfide) groups is 1. The van der Waals surface area contributed by atoms with Gasteiger partial charge in [-0.1, -0.05) is 11.6 Å². The van der Waals surface area contributed by atoms with Crippen LogP contribution in [0.25, 0.3) is 0 Å². The number of hydrogen-bond donors (Lipinski definition) is 0. The van der Waals surface area contributed by atoms with Crippen molar-refractivity contribution in [2.24, 2.45) is 0 Å². The molecule has 0 radical (unpaired) electrons. The molecule has 0 spiro atoms. The second kappa shape index (κ2) is 5.68. The van der Waals surface area contributed by atoms with Crippen LogP contribution >= 0.6 is 23.4 Å². The summed E-state index contributed by atoms with van der Waals surface area (Å²) in [6.45, 7) is 0.923. The van der Waals surface area contributed by atoms with Gasteiger partial charge in [-0.2, -0.15) is 16.9 Å². The van der Waals surface area contributed by atoms with Crippen molar-refractivity contribution < 1.29 is 4.74 Å². The molecule has 82 valence electrons. The number of hydrogen-bond acceptors (Lipinski definition) is 4. The highest BCUT2D eigenvalue weighted by molar-refractivity contribution is 7.98. The Kier molecular flexibility index (Phi) is 4.23. The second-order valence-corrected chi connectivity index (χ2v) is 4.92. The van der Waals surface area contributed by atoms with Crippen molar-refractivity contribution in [1.82, 2.24) is 10.2 Å². The van der Waals surface area contributed by atoms with Crippen molar-refractivity contribution in [3.8, 4) is 0 Å². The molecule has 0 aromatic carbocycles. The molecule has 15 heavy (non-hydrogen) atoms. The van der Waals surface area contributed by atoms with Crippen LogP contribution in [0.15, 0.2) is 12.1 Å². The highest BCUT2D eigenvalue weighted by atomic mass is 35.5. The van der Waals surface area contributed by atoms with Crippen molar-refractivity contribution in [2.45, 2.75) is 24.7 Å². The van der Waals surface area contributed by atoms with E-state index in [0.29, 0.717) is 11.3 Å². The predicted octanol–water partition coefficient (Wildman–Crippen LogP) is 2.54. The van der Waals surface area contributed by atoms with E-state index in [1.54, 1.807) is 6.07 Å². The van der Waals surface area contributed by atoms with Crippen LogP contribution in [0.3, 0.4) is 0 Å². The number of nitrogens with zero attached hydrogens (tertiary/aromatic N) is 2. The molecule has 1 aliphatic rings. The minimum Gasteiger partial charge on any atom is -0.377 e. The second-order valence-electron chi connectivity index (χ2n) is 3.50. The average Bonchev–Trinajstić information content (AvgIpc) is 2.74. The van der Waals surface area contributed by atoms with Crippen molar-refractivity contribution in [2.75, 3.05) is 12.4 Å². The minimum absolute atomic E-state index is 0.440. The Morgan fingerprint density at radius 3 is 3.07 bits per heavy atom. The van der Waals surface area contributed by atoms with Gasteiger partial charge < -0.3 is 4.74 Å². The van der Waals surface area contributed by atoms with Gasteiger partial charge in [0.1, 0.15) is 0 Å². The van der Waals surface area contributed by atoms with Gasteiger partial charge in [0.25, 0.3) is 0 Å². The molecule has 3 nitrogen and oxygen atoms in total. The Morgan fingerprint density at radius 1 is 1.47 bits per heavy atom. The van der Waals surface area contributed by atoms with E-state index in [9.17, 15) is 0 Å². The van der Waals surface area contributed by atoms with Crippen molar-refractivity contribution >= 4 is 23.4 Å². The topological polar surface area (TPSA) is 35.0 Å². The third-order valence-electron chi connectivity index (χ3n) is 2.26. The van der Waals surface area contributed by atoms with E-state index in [1.807, 2.05) is 17.8 Å². The molecule has 2 rings (SSSR count). The number of ether oxygens (including phenoxy) is 1. The minimum atomic E-state index is 0.440. The summed E-state index contributed by atoms with van der Waals surface area (Å²) in [6.07, 6.45) is 2.83. The summed E-state index contributed by atoms with van der Waals surface area (Å²) in [4.78, 5) is 0. The zero-order valence-corrected chi connectivity index (χ0v) is 9.93. The van der Waals surface area contributed by atoms with E-state index < -0.39 is 0 Å². The van der Waals surface area contributed by atoms with Crippen LogP contribution in [0.2, 0.25) is 5.15 Å². The first kappa shape index (κ1) is 11.2. The molecule has 2 heterocycles. The first-order valence-electron chi connectivity index (χ1n) is 5.02.